The number of anilines is 3. The van der Waals surface area contributed by atoms with Gasteiger partial charge in [0.2, 0.25) is 0 Å². The topological polar surface area (TPSA) is 6.48 Å². The Morgan fingerprint density at radius 2 is 1.37 bits per heavy atom. The van der Waals surface area contributed by atoms with Crippen LogP contribution in [-0.4, -0.2) is 0 Å². The van der Waals surface area contributed by atoms with E-state index in [1.54, 1.807) is 0 Å². The number of para-hydroxylation sites is 2. The number of hydrogen-bond acceptors (Lipinski definition) is 2. The van der Waals surface area contributed by atoms with E-state index in [1.807, 2.05) is 0 Å². The maximum atomic E-state index is 2.59. The molecule has 1 spiro atoms. The zero-order valence-corrected chi connectivity index (χ0v) is 29.9. The van der Waals surface area contributed by atoms with Crippen molar-refractivity contribution in [2.45, 2.75) is 63.2 Å². The molecule has 5 aliphatic rings. The summed E-state index contributed by atoms with van der Waals surface area (Å²) in [6, 6.07) is 45.9. The van der Waals surface area contributed by atoms with E-state index in [-0.39, 0.29) is 5.41 Å². The van der Waals surface area contributed by atoms with Crippen LogP contribution in [0.1, 0.15) is 78.7 Å². The van der Waals surface area contributed by atoms with Crippen LogP contribution in [-0.2, 0) is 5.41 Å². The summed E-state index contributed by atoms with van der Waals surface area (Å²) in [7, 11) is 0. The second-order valence-electron chi connectivity index (χ2n) is 15.0. The van der Waals surface area contributed by atoms with Crippen molar-refractivity contribution < 1.29 is 0 Å². The molecule has 254 valence electrons. The van der Waals surface area contributed by atoms with Crippen LogP contribution in [0.25, 0.3) is 11.1 Å². The van der Waals surface area contributed by atoms with E-state index in [0.717, 1.165) is 32.1 Å². The minimum absolute atomic E-state index is 0.296. The summed E-state index contributed by atoms with van der Waals surface area (Å²) in [5.74, 6) is 0.296. The third kappa shape index (κ3) is 4.77. The van der Waals surface area contributed by atoms with E-state index < -0.39 is 0 Å². The molecule has 0 aromatic heterocycles. The van der Waals surface area contributed by atoms with Gasteiger partial charge in [0.05, 0.1) is 5.41 Å². The zero-order valence-electron chi connectivity index (χ0n) is 29.9. The number of hydrogen-bond donors (Lipinski definition) is 0. The summed E-state index contributed by atoms with van der Waals surface area (Å²) in [4.78, 5) is 5.07. The molecular formula is C50H44N2. The molecule has 0 saturated heterocycles. The maximum absolute atomic E-state index is 2.59. The van der Waals surface area contributed by atoms with Gasteiger partial charge in [0.1, 0.15) is 0 Å². The van der Waals surface area contributed by atoms with E-state index in [2.05, 4.69) is 175 Å². The Bertz CT molecular complexity index is 2350. The molecule has 0 N–H and O–H groups in total. The number of aryl methyl sites for hydroxylation is 1. The second kappa shape index (κ2) is 12.6. The van der Waals surface area contributed by atoms with Crippen LogP contribution in [0.3, 0.4) is 0 Å². The molecule has 0 bridgehead atoms. The van der Waals surface area contributed by atoms with E-state index in [9.17, 15) is 0 Å². The van der Waals surface area contributed by atoms with E-state index >= 15 is 0 Å². The summed E-state index contributed by atoms with van der Waals surface area (Å²) in [6.45, 7) is 2.26. The lowest BCUT2D eigenvalue weighted by Crippen LogP contribution is -2.30. The van der Waals surface area contributed by atoms with Gasteiger partial charge in [-0.3, -0.25) is 0 Å². The molecule has 0 saturated carbocycles. The van der Waals surface area contributed by atoms with E-state index in [4.69, 9.17) is 0 Å². The van der Waals surface area contributed by atoms with Crippen molar-refractivity contribution in [3.8, 4) is 11.1 Å². The maximum Gasteiger partial charge on any atom is 0.0687 e. The van der Waals surface area contributed by atoms with E-state index in [1.165, 1.54) is 91.5 Å². The lowest BCUT2D eigenvalue weighted by Gasteiger charge is -2.37. The molecule has 52 heavy (non-hydrogen) atoms. The molecular weight excluding hydrogens is 629 g/mol. The fourth-order valence-corrected chi connectivity index (χ4v) is 9.88. The van der Waals surface area contributed by atoms with Crippen molar-refractivity contribution in [3.63, 3.8) is 0 Å². The highest BCUT2D eigenvalue weighted by Crippen LogP contribution is 2.66. The minimum Gasteiger partial charge on any atom is -0.315 e. The fourth-order valence-electron chi connectivity index (χ4n) is 9.88. The molecule has 2 nitrogen and oxygen atoms in total. The SMILES string of the molecule is Cc1ccc2c(c1)C1(C3=CC(N(C4=CC=CCC4)c4ccccc4)=CCC3c3ccc(N(C4=CCCCC4)c4ccccc4)cc31)c1ccccc1-2. The zero-order chi connectivity index (χ0) is 34.6. The highest BCUT2D eigenvalue weighted by molar-refractivity contribution is 5.90. The van der Waals surface area contributed by atoms with Gasteiger partial charge in [-0.2, -0.15) is 0 Å². The highest BCUT2D eigenvalue weighted by atomic mass is 15.2. The lowest BCUT2D eigenvalue weighted by molar-refractivity contribution is 0.690. The molecule has 0 fully saturated rings. The quantitative estimate of drug-likeness (QED) is 0.177. The summed E-state index contributed by atoms with van der Waals surface area (Å²) >= 11 is 0. The van der Waals surface area contributed by atoms with Gasteiger partial charge in [-0.15, -0.1) is 0 Å². The van der Waals surface area contributed by atoms with Crippen molar-refractivity contribution >= 4 is 17.1 Å². The van der Waals surface area contributed by atoms with Crippen LogP contribution in [0.15, 0.2) is 180 Å². The fraction of sp³-hybridized carbons (Fsp3) is 0.200. The monoisotopic (exact) mass is 672 g/mol. The standard InChI is InChI=1S/C50H44N2/c1-35-26-29-43-42-24-14-15-25-46(42)50(47(43)32-35)48-33-40(51(36-16-6-2-7-17-36)37-18-8-3-9-19-37)27-30-44(48)45-31-28-41(34-49(45)50)52(38-20-10-4-11-21-38)39-22-12-5-13-23-39/h2-4,6-8,10-11,14-18,20-22,24-29,31-34,44H,5,9,12-13,19,23,30H2,1H3. The third-order valence-corrected chi connectivity index (χ3v) is 12.1. The van der Waals surface area contributed by atoms with Crippen LogP contribution in [0, 0.1) is 6.92 Å². The number of benzene rings is 5. The number of fused-ring (bicyclic) bond motifs is 10. The first-order chi connectivity index (χ1) is 25.7. The van der Waals surface area contributed by atoms with Crippen LogP contribution < -0.4 is 9.80 Å². The van der Waals surface area contributed by atoms with Crippen LogP contribution in [0.2, 0.25) is 0 Å². The Labute approximate surface area is 308 Å². The number of nitrogens with zero attached hydrogens (tertiary/aromatic N) is 2. The number of allylic oxidation sites excluding steroid dienone is 9. The molecule has 0 amide bonds. The average Bonchev–Trinajstić information content (AvgIpc) is 3.66. The first kappa shape index (κ1) is 31.2. The van der Waals surface area contributed by atoms with Crippen molar-refractivity contribution in [2.75, 3.05) is 9.80 Å². The summed E-state index contributed by atoms with van der Waals surface area (Å²) in [5.41, 5.74) is 18.7. The molecule has 0 radical (unpaired) electrons. The predicted octanol–water partition coefficient (Wildman–Crippen LogP) is 13.0. The molecule has 10 rings (SSSR count). The van der Waals surface area contributed by atoms with Gasteiger partial charge >= 0.3 is 0 Å². The van der Waals surface area contributed by atoms with Gasteiger partial charge in [0.25, 0.3) is 0 Å². The highest BCUT2D eigenvalue weighted by Gasteiger charge is 2.55. The Hall–Kier alpha value is -5.60. The lowest BCUT2D eigenvalue weighted by atomic mass is 9.68. The Morgan fingerprint density at radius 1 is 0.596 bits per heavy atom. The van der Waals surface area contributed by atoms with Crippen molar-refractivity contribution in [3.05, 3.63) is 208 Å². The van der Waals surface area contributed by atoms with Crippen LogP contribution >= 0.6 is 0 Å². The van der Waals surface area contributed by atoms with Crippen LogP contribution in [0.4, 0.5) is 17.1 Å². The van der Waals surface area contributed by atoms with Crippen molar-refractivity contribution in [1.82, 2.24) is 0 Å². The number of rotatable bonds is 6. The average molecular weight is 673 g/mol. The molecule has 0 aliphatic heterocycles. The molecule has 5 aromatic carbocycles. The predicted molar refractivity (Wildman–Crippen MR) is 217 cm³/mol. The Morgan fingerprint density at radius 3 is 2.13 bits per heavy atom. The molecule has 0 heterocycles. The summed E-state index contributed by atoms with van der Waals surface area (Å²) in [5, 5.41) is 0. The molecule has 5 aliphatic carbocycles. The van der Waals surface area contributed by atoms with Crippen molar-refractivity contribution in [2.24, 2.45) is 0 Å². The van der Waals surface area contributed by atoms with Gasteiger partial charge in [-0.05, 0) is 139 Å². The van der Waals surface area contributed by atoms with Gasteiger partial charge in [-0.1, -0.05) is 115 Å². The molecule has 2 atom stereocenters. The summed E-state index contributed by atoms with van der Waals surface area (Å²) < 4.78 is 0. The van der Waals surface area contributed by atoms with E-state index in [0.29, 0.717) is 5.92 Å². The second-order valence-corrected chi connectivity index (χ2v) is 15.0. The van der Waals surface area contributed by atoms with Crippen molar-refractivity contribution in [1.29, 1.82) is 0 Å². The third-order valence-electron chi connectivity index (χ3n) is 12.1. The van der Waals surface area contributed by atoms with Gasteiger partial charge in [0.15, 0.2) is 0 Å². The first-order valence-electron chi connectivity index (χ1n) is 19.2. The minimum atomic E-state index is -0.389. The Balaban J connectivity index is 1.23. The smallest absolute Gasteiger partial charge is 0.0687 e. The first-order valence-corrected chi connectivity index (χ1v) is 19.2. The summed E-state index contributed by atoms with van der Waals surface area (Å²) in [6.07, 6.45) is 22.2. The van der Waals surface area contributed by atoms with Crippen LogP contribution in [0.5, 0.6) is 0 Å². The largest absolute Gasteiger partial charge is 0.315 e. The normalized spacial score (nSPS) is 20.9. The molecule has 5 aromatic rings. The molecule has 2 heteroatoms. The molecule has 2 unspecified atom stereocenters. The van der Waals surface area contributed by atoms with Gasteiger partial charge < -0.3 is 9.80 Å². The Kier molecular flexibility index (Phi) is 7.53. The van der Waals surface area contributed by atoms with Gasteiger partial charge in [0, 0.05) is 40.1 Å². The van der Waals surface area contributed by atoms with Gasteiger partial charge in [-0.25, -0.2) is 0 Å².